The van der Waals surface area contributed by atoms with E-state index < -0.39 is 33.0 Å². The summed E-state index contributed by atoms with van der Waals surface area (Å²) in [6, 6.07) is 17.5. The second kappa shape index (κ2) is 12.8. The number of hydrogen-bond donors (Lipinski definition) is 2. The van der Waals surface area contributed by atoms with Gasteiger partial charge in [0.25, 0.3) is 15.9 Å². The Kier molecular flexibility index (Phi) is 8.27. The van der Waals surface area contributed by atoms with E-state index in [2.05, 4.69) is 24.9 Å². The Balaban J connectivity index is 1.12. The molecule has 260 valence electrons. The number of nitrogens with zero attached hydrogens (tertiary/aromatic N) is 7. The highest BCUT2D eigenvalue weighted by molar-refractivity contribution is 7.92. The van der Waals surface area contributed by atoms with E-state index in [-0.39, 0.29) is 32.7 Å². The summed E-state index contributed by atoms with van der Waals surface area (Å²) in [7, 11) is -4.30. The summed E-state index contributed by atoms with van der Waals surface area (Å²) in [5.74, 6) is -2.11. The van der Waals surface area contributed by atoms with E-state index in [0.29, 0.717) is 47.1 Å². The number of hydrogen-bond acceptors (Lipinski definition) is 9. The van der Waals surface area contributed by atoms with Crippen LogP contribution in [0.1, 0.15) is 28.9 Å². The van der Waals surface area contributed by atoms with Gasteiger partial charge in [-0.1, -0.05) is 35.9 Å². The fraction of sp³-hybridized carbons (Fsp3) is 0.229. The molecule has 12 nitrogen and oxygen atoms in total. The maximum absolute atomic E-state index is 15.9. The lowest BCUT2D eigenvalue weighted by molar-refractivity contribution is 0.0623. The molecule has 2 aliphatic rings. The SMILES string of the molecule is Cc1c(Cl)cccc1S(=O)(=O)Nc1ccc(F)c(Nc2ncnc3ccc(-n4nc(C(=O)N5CCN(C6CC6)CC5)c5ccccc54)nc23)c1F. The largest absolute Gasteiger partial charge is 0.335 e. The lowest BCUT2D eigenvalue weighted by Crippen LogP contribution is -2.49. The first-order valence-corrected chi connectivity index (χ1v) is 18.1. The van der Waals surface area contributed by atoms with E-state index in [9.17, 15) is 13.2 Å². The first-order valence-electron chi connectivity index (χ1n) is 16.3. The molecule has 0 bridgehead atoms. The van der Waals surface area contributed by atoms with Crippen LogP contribution in [0, 0.1) is 18.6 Å². The highest BCUT2D eigenvalue weighted by Gasteiger charge is 2.33. The lowest BCUT2D eigenvalue weighted by atomic mass is 10.2. The number of halogens is 3. The van der Waals surface area contributed by atoms with Crippen LogP contribution in [0.2, 0.25) is 5.02 Å². The van der Waals surface area contributed by atoms with Gasteiger partial charge in [-0.25, -0.2) is 36.8 Å². The molecule has 8 rings (SSSR count). The van der Waals surface area contributed by atoms with Gasteiger partial charge < -0.3 is 10.2 Å². The minimum atomic E-state index is -4.30. The normalized spacial score (nSPS) is 15.4. The van der Waals surface area contributed by atoms with Crippen molar-refractivity contribution in [2.75, 3.05) is 36.2 Å². The van der Waals surface area contributed by atoms with Gasteiger partial charge in [0.15, 0.2) is 23.1 Å². The molecule has 0 radical (unpaired) electrons. The molecule has 1 saturated heterocycles. The van der Waals surface area contributed by atoms with Gasteiger partial charge in [-0.2, -0.15) is 5.10 Å². The highest BCUT2D eigenvalue weighted by Crippen LogP contribution is 2.33. The molecule has 1 aliphatic carbocycles. The summed E-state index contributed by atoms with van der Waals surface area (Å²) in [6.45, 7) is 4.41. The summed E-state index contributed by atoms with van der Waals surface area (Å²) in [4.78, 5) is 31.1. The van der Waals surface area contributed by atoms with Crippen LogP contribution in [0.4, 0.5) is 26.0 Å². The molecule has 2 N–H and O–H groups in total. The van der Waals surface area contributed by atoms with Gasteiger partial charge in [-0.15, -0.1) is 0 Å². The summed E-state index contributed by atoms with van der Waals surface area (Å²) >= 11 is 6.11. The van der Waals surface area contributed by atoms with E-state index in [1.165, 1.54) is 44.3 Å². The number of piperazine rings is 1. The number of pyridine rings is 1. The van der Waals surface area contributed by atoms with Crippen LogP contribution in [0.3, 0.4) is 0 Å². The number of rotatable bonds is 8. The van der Waals surface area contributed by atoms with Gasteiger partial charge >= 0.3 is 0 Å². The summed E-state index contributed by atoms with van der Waals surface area (Å²) in [5, 5.41) is 8.26. The number of carbonyl (C=O) groups is 1. The van der Waals surface area contributed by atoms with Crippen molar-refractivity contribution in [1.82, 2.24) is 34.5 Å². The number of carbonyl (C=O) groups excluding carboxylic acids is 1. The Hall–Kier alpha value is -5.25. The smallest absolute Gasteiger partial charge is 0.275 e. The molecule has 0 spiro atoms. The fourth-order valence-corrected chi connectivity index (χ4v) is 7.92. The third kappa shape index (κ3) is 6.10. The Labute approximate surface area is 296 Å². The van der Waals surface area contributed by atoms with Crippen molar-refractivity contribution in [3.8, 4) is 5.82 Å². The fourth-order valence-electron chi connectivity index (χ4n) is 6.36. The van der Waals surface area contributed by atoms with Gasteiger partial charge in [0, 0.05) is 42.6 Å². The zero-order valence-electron chi connectivity index (χ0n) is 27.1. The minimum absolute atomic E-state index is 0.0494. The number of sulfonamides is 1. The molecule has 6 aromatic rings. The third-order valence-corrected chi connectivity index (χ3v) is 11.1. The Bertz CT molecular complexity index is 2470. The molecule has 4 heterocycles. The van der Waals surface area contributed by atoms with E-state index >= 15 is 8.78 Å². The number of anilines is 3. The summed E-state index contributed by atoms with van der Waals surface area (Å²) in [6.07, 6.45) is 3.64. The number of aromatic nitrogens is 5. The summed E-state index contributed by atoms with van der Waals surface area (Å²) < 4.78 is 61.2. The molecule has 3 aromatic heterocycles. The highest BCUT2D eigenvalue weighted by atomic mass is 35.5. The van der Waals surface area contributed by atoms with Gasteiger partial charge in [0.1, 0.15) is 23.3 Å². The topological polar surface area (TPSA) is 138 Å². The Morgan fingerprint density at radius 2 is 1.73 bits per heavy atom. The van der Waals surface area contributed by atoms with Crippen molar-refractivity contribution in [2.45, 2.75) is 30.7 Å². The van der Waals surface area contributed by atoms with Crippen molar-refractivity contribution in [1.29, 1.82) is 0 Å². The number of nitrogens with one attached hydrogen (secondary N) is 2. The van der Waals surface area contributed by atoms with E-state index in [1.54, 1.807) is 16.8 Å². The standard InChI is InChI=1S/C35H30ClF2N9O3S/c1-20-23(36)6-4-8-28(20)51(49,50)44-25-12-11-24(37)32(30(25)38)42-34-33-26(39-19-40-34)13-14-29(41-33)47-27-7-3-2-5-22(27)31(43-47)35(48)46-17-15-45(16-18-46)21-9-10-21/h2-8,11-14,19,21,44H,9-10,15-18H2,1H3,(H,39,40,42). The second-order valence-electron chi connectivity index (χ2n) is 12.5. The Morgan fingerprint density at radius 1 is 0.941 bits per heavy atom. The van der Waals surface area contributed by atoms with Gasteiger partial charge in [0.2, 0.25) is 0 Å². The molecule has 1 aliphatic heterocycles. The van der Waals surface area contributed by atoms with Crippen LogP contribution in [-0.4, -0.2) is 81.1 Å². The van der Waals surface area contributed by atoms with Crippen molar-refractivity contribution in [3.05, 3.63) is 101 Å². The van der Waals surface area contributed by atoms with Gasteiger partial charge in [0.05, 0.1) is 21.6 Å². The minimum Gasteiger partial charge on any atom is -0.335 e. The molecular weight excluding hydrogens is 700 g/mol. The lowest BCUT2D eigenvalue weighted by Gasteiger charge is -2.34. The average molecular weight is 730 g/mol. The first kappa shape index (κ1) is 32.9. The molecule has 51 heavy (non-hydrogen) atoms. The van der Waals surface area contributed by atoms with Gasteiger partial charge in [-0.3, -0.25) is 14.4 Å². The van der Waals surface area contributed by atoms with Crippen molar-refractivity contribution in [3.63, 3.8) is 0 Å². The molecule has 1 saturated carbocycles. The molecular formula is C35H30ClF2N9O3S. The van der Waals surface area contributed by atoms with Crippen LogP contribution >= 0.6 is 11.6 Å². The number of amides is 1. The molecule has 0 unspecified atom stereocenters. The van der Waals surface area contributed by atoms with Crippen LogP contribution in [0.25, 0.3) is 27.8 Å². The zero-order chi connectivity index (χ0) is 35.4. The van der Waals surface area contributed by atoms with Gasteiger partial charge in [-0.05, 0) is 67.8 Å². The van der Waals surface area contributed by atoms with Crippen LogP contribution in [0.5, 0.6) is 0 Å². The van der Waals surface area contributed by atoms with Crippen LogP contribution in [0.15, 0.2) is 78.0 Å². The van der Waals surface area contributed by atoms with Crippen LogP contribution < -0.4 is 10.0 Å². The van der Waals surface area contributed by atoms with Crippen molar-refractivity contribution in [2.24, 2.45) is 0 Å². The van der Waals surface area contributed by atoms with Crippen molar-refractivity contribution < 1.29 is 22.0 Å². The molecule has 2 fully saturated rings. The van der Waals surface area contributed by atoms with Crippen LogP contribution in [-0.2, 0) is 10.0 Å². The predicted octanol–water partition coefficient (Wildman–Crippen LogP) is 6.07. The number of fused-ring (bicyclic) bond motifs is 2. The zero-order valence-corrected chi connectivity index (χ0v) is 28.7. The molecule has 16 heteroatoms. The van der Waals surface area contributed by atoms with E-state index in [0.717, 1.165) is 25.2 Å². The molecule has 0 atom stereocenters. The maximum Gasteiger partial charge on any atom is 0.275 e. The number of benzene rings is 3. The summed E-state index contributed by atoms with van der Waals surface area (Å²) in [5.41, 5.74) is 0.553. The number of para-hydroxylation sites is 1. The van der Waals surface area contributed by atoms with E-state index in [4.69, 9.17) is 21.7 Å². The van der Waals surface area contributed by atoms with Crippen molar-refractivity contribution >= 4 is 66.7 Å². The monoisotopic (exact) mass is 729 g/mol. The second-order valence-corrected chi connectivity index (χ2v) is 14.5. The molecule has 1 amide bonds. The van der Waals surface area contributed by atoms with E-state index in [1.807, 2.05) is 29.2 Å². The average Bonchev–Trinajstić information content (AvgIpc) is 3.92. The quantitative estimate of drug-likeness (QED) is 0.191. The third-order valence-electron chi connectivity index (χ3n) is 9.23. The maximum atomic E-state index is 15.9. The Morgan fingerprint density at radius 3 is 2.51 bits per heavy atom. The predicted molar refractivity (Wildman–Crippen MR) is 189 cm³/mol. The molecule has 3 aromatic carbocycles. The first-order chi connectivity index (χ1) is 24.6.